The summed E-state index contributed by atoms with van der Waals surface area (Å²) in [6.45, 7) is 4.66. The van der Waals surface area contributed by atoms with E-state index >= 15 is 0 Å². The molecule has 0 aliphatic heterocycles. The van der Waals surface area contributed by atoms with Gasteiger partial charge in [0.25, 0.3) is 11.6 Å². The van der Waals surface area contributed by atoms with Gasteiger partial charge in [0.15, 0.2) is 11.5 Å². The minimum Gasteiger partial charge on any atom is -0.323 e. The molecular formula is C18H17ClN4O4. The molecule has 9 heteroatoms. The molecule has 27 heavy (non-hydrogen) atoms. The molecule has 1 atom stereocenters. The predicted molar refractivity (Wildman–Crippen MR) is 102 cm³/mol. The predicted octanol–water partition coefficient (Wildman–Crippen LogP) is 4.55. The number of benzene rings is 2. The molecule has 0 heterocycles. The van der Waals surface area contributed by atoms with E-state index in [4.69, 9.17) is 11.6 Å². The van der Waals surface area contributed by atoms with Gasteiger partial charge in [0, 0.05) is 16.8 Å². The van der Waals surface area contributed by atoms with Crippen molar-refractivity contribution in [3.63, 3.8) is 0 Å². The summed E-state index contributed by atoms with van der Waals surface area (Å²) in [6.07, 6.45) is 0. The highest BCUT2D eigenvalue weighted by molar-refractivity contribution is 6.31. The number of hydrogen-bond acceptors (Lipinski definition) is 6. The van der Waals surface area contributed by atoms with Gasteiger partial charge >= 0.3 is 0 Å². The molecular weight excluding hydrogens is 372 g/mol. The fourth-order valence-corrected chi connectivity index (χ4v) is 2.40. The molecule has 140 valence electrons. The quantitative estimate of drug-likeness (QED) is 0.338. The molecule has 0 saturated heterocycles. The third-order valence-electron chi connectivity index (χ3n) is 3.70. The average molecular weight is 389 g/mol. The number of halogens is 1. The van der Waals surface area contributed by atoms with Crippen LogP contribution in [0.1, 0.15) is 18.1 Å². The van der Waals surface area contributed by atoms with Crippen LogP contribution >= 0.6 is 11.6 Å². The van der Waals surface area contributed by atoms with Crippen molar-refractivity contribution < 1.29 is 14.5 Å². The Balaban J connectivity index is 2.29. The molecule has 0 aliphatic rings. The summed E-state index contributed by atoms with van der Waals surface area (Å²) < 4.78 is 0. The topological polar surface area (TPSA) is 114 Å². The number of anilines is 1. The first-order chi connectivity index (χ1) is 12.7. The molecule has 0 spiro atoms. The van der Waals surface area contributed by atoms with Crippen LogP contribution in [-0.4, -0.2) is 22.7 Å². The summed E-state index contributed by atoms with van der Waals surface area (Å²) in [4.78, 5) is 34.8. The lowest BCUT2D eigenvalue weighted by atomic mass is 10.1. The molecule has 2 aromatic rings. The summed E-state index contributed by atoms with van der Waals surface area (Å²) in [5, 5.41) is 21.7. The summed E-state index contributed by atoms with van der Waals surface area (Å²) >= 11 is 5.92. The molecule has 0 saturated carbocycles. The maximum absolute atomic E-state index is 12.4. The highest BCUT2D eigenvalue weighted by Crippen LogP contribution is 2.29. The zero-order valence-electron chi connectivity index (χ0n) is 14.9. The van der Waals surface area contributed by atoms with E-state index in [1.165, 1.54) is 19.1 Å². The second-order valence-electron chi connectivity index (χ2n) is 5.93. The number of carbonyl (C=O) groups excluding carboxylic acids is 2. The number of hydrogen-bond donors (Lipinski definition) is 1. The fourth-order valence-electron chi connectivity index (χ4n) is 2.23. The van der Waals surface area contributed by atoms with Gasteiger partial charge in [-0.25, -0.2) is 0 Å². The zero-order chi connectivity index (χ0) is 20.1. The highest BCUT2D eigenvalue weighted by Gasteiger charge is 2.24. The van der Waals surface area contributed by atoms with Crippen molar-refractivity contribution in [1.29, 1.82) is 0 Å². The van der Waals surface area contributed by atoms with E-state index in [1.807, 2.05) is 0 Å². The second-order valence-corrected chi connectivity index (χ2v) is 6.36. The molecule has 2 aromatic carbocycles. The van der Waals surface area contributed by atoms with Gasteiger partial charge in [0.1, 0.15) is 0 Å². The van der Waals surface area contributed by atoms with Gasteiger partial charge in [-0.15, -0.1) is 5.11 Å². The number of nitrogens with zero attached hydrogens (tertiary/aromatic N) is 3. The van der Waals surface area contributed by atoms with Crippen molar-refractivity contribution in [2.45, 2.75) is 26.8 Å². The fraction of sp³-hybridized carbons (Fsp3) is 0.222. The molecule has 1 N–H and O–H groups in total. The van der Waals surface area contributed by atoms with Crippen LogP contribution in [0.3, 0.4) is 0 Å². The first kappa shape index (κ1) is 20.2. The van der Waals surface area contributed by atoms with Crippen molar-refractivity contribution in [3.8, 4) is 0 Å². The van der Waals surface area contributed by atoms with Gasteiger partial charge in [-0.2, -0.15) is 5.11 Å². The Morgan fingerprint density at radius 1 is 1.19 bits per heavy atom. The van der Waals surface area contributed by atoms with Gasteiger partial charge in [-0.1, -0.05) is 23.7 Å². The van der Waals surface area contributed by atoms with Crippen LogP contribution in [0.5, 0.6) is 0 Å². The minimum atomic E-state index is -1.44. The van der Waals surface area contributed by atoms with Gasteiger partial charge < -0.3 is 5.32 Å². The standard InChI is InChI=1S/C18H17ClN4O4/c1-10-4-7-14(16(8-10)23(26)27)21-22-17(12(3)24)18(25)20-15-9-13(19)6-5-11(15)2/h4-9,17H,1-3H3,(H,20,25). The van der Waals surface area contributed by atoms with Crippen molar-refractivity contribution in [3.05, 3.63) is 62.7 Å². The maximum Gasteiger partial charge on any atom is 0.296 e. The molecule has 0 bridgehead atoms. The van der Waals surface area contributed by atoms with Crippen LogP contribution < -0.4 is 5.32 Å². The molecule has 0 aliphatic carbocycles. The number of amides is 1. The van der Waals surface area contributed by atoms with E-state index in [0.29, 0.717) is 16.3 Å². The van der Waals surface area contributed by atoms with E-state index in [2.05, 4.69) is 15.5 Å². The number of aryl methyl sites for hydroxylation is 2. The molecule has 0 fully saturated rings. The summed E-state index contributed by atoms with van der Waals surface area (Å²) in [5.74, 6) is -1.25. The Bertz CT molecular complexity index is 943. The zero-order valence-corrected chi connectivity index (χ0v) is 15.6. The SMILES string of the molecule is CC(=O)C(N=Nc1ccc(C)cc1[N+](=O)[O-])C(=O)Nc1cc(Cl)ccc1C. The first-order valence-corrected chi connectivity index (χ1v) is 8.30. The number of nitrogens with one attached hydrogen (secondary N) is 1. The van der Waals surface area contributed by atoms with E-state index in [9.17, 15) is 19.7 Å². The highest BCUT2D eigenvalue weighted by atomic mass is 35.5. The first-order valence-electron chi connectivity index (χ1n) is 7.92. The van der Waals surface area contributed by atoms with Crippen LogP contribution in [0.25, 0.3) is 0 Å². The molecule has 0 radical (unpaired) electrons. The van der Waals surface area contributed by atoms with Crippen molar-refractivity contribution in [2.75, 3.05) is 5.32 Å². The third kappa shape index (κ3) is 5.18. The largest absolute Gasteiger partial charge is 0.323 e. The maximum atomic E-state index is 12.4. The number of Topliss-reactive ketones (excluding diaryl/α,β-unsaturated/α-hetero) is 1. The Morgan fingerprint density at radius 2 is 1.89 bits per heavy atom. The average Bonchev–Trinajstić information content (AvgIpc) is 2.59. The van der Waals surface area contributed by atoms with Crippen molar-refractivity contribution in [2.24, 2.45) is 10.2 Å². The number of rotatable bonds is 6. The van der Waals surface area contributed by atoms with E-state index < -0.39 is 22.7 Å². The van der Waals surface area contributed by atoms with E-state index in [0.717, 1.165) is 5.56 Å². The Kier molecular flexibility index (Phi) is 6.36. The molecule has 1 unspecified atom stereocenters. The number of azo groups is 1. The van der Waals surface area contributed by atoms with Gasteiger partial charge in [-0.05, 0) is 50.1 Å². The summed E-state index contributed by atoms with van der Waals surface area (Å²) in [6, 6.07) is 7.88. The smallest absolute Gasteiger partial charge is 0.296 e. The van der Waals surface area contributed by atoms with Crippen LogP contribution in [0, 0.1) is 24.0 Å². The molecule has 1 amide bonds. The van der Waals surface area contributed by atoms with Gasteiger partial charge in [0.2, 0.25) is 6.04 Å². The minimum absolute atomic E-state index is 0.0383. The summed E-state index contributed by atoms with van der Waals surface area (Å²) in [5.41, 5.74) is 1.57. The number of ketones is 1. The van der Waals surface area contributed by atoms with Gasteiger partial charge in [0.05, 0.1) is 4.92 Å². The van der Waals surface area contributed by atoms with Crippen molar-refractivity contribution >= 4 is 40.4 Å². The number of nitro benzene ring substituents is 1. The van der Waals surface area contributed by atoms with Crippen LogP contribution in [-0.2, 0) is 9.59 Å². The lowest BCUT2D eigenvalue weighted by molar-refractivity contribution is -0.384. The Hall–Kier alpha value is -3.13. The third-order valence-corrected chi connectivity index (χ3v) is 3.93. The Morgan fingerprint density at radius 3 is 2.52 bits per heavy atom. The van der Waals surface area contributed by atoms with E-state index in [1.54, 1.807) is 38.1 Å². The Labute approximate surface area is 160 Å². The van der Waals surface area contributed by atoms with Crippen molar-refractivity contribution in [1.82, 2.24) is 0 Å². The molecule has 2 rings (SSSR count). The second kappa shape index (κ2) is 8.50. The normalized spacial score (nSPS) is 12.0. The van der Waals surface area contributed by atoms with Gasteiger partial charge in [-0.3, -0.25) is 19.7 Å². The number of carbonyl (C=O) groups is 2. The van der Waals surface area contributed by atoms with Crippen LogP contribution in [0.2, 0.25) is 5.02 Å². The van der Waals surface area contributed by atoms with Crippen LogP contribution in [0.4, 0.5) is 17.1 Å². The molecule has 0 aromatic heterocycles. The van der Waals surface area contributed by atoms with E-state index in [-0.39, 0.29) is 11.4 Å². The summed E-state index contributed by atoms with van der Waals surface area (Å²) in [7, 11) is 0. The number of nitro groups is 1. The molecule has 8 nitrogen and oxygen atoms in total. The van der Waals surface area contributed by atoms with Crippen LogP contribution in [0.15, 0.2) is 46.6 Å². The lowest BCUT2D eigenvalue weighted by Crippen LogP contribution is -2.32. The monoisotopic (exact) mass is 388 g/mol. The lowest BCUT2D eigenvalue weighted by Gasteiger charge is -2.11.